The maximum atomic E-state index is 12.3. The Bertz CT molecular complexity index is 683. The van der Waals surface area contributed by atoms with Gasteiger partial charge in [-0.05, 0) is 52.0 Å². The highest BCUT2D eigenvalue weighted by Crippen LogP contribution is 2.42. The molecule has 0 bridgehead atoms. The van der Waals surface area contributed by atoms with Gasteiger partial charge in [0.05, 0.1) is 10.1 Å². The number of hydrogen-bond donors (Lipinski definition) is 1. The lowest BCUT2D eigenvalue weighted by atomic mass is 10.1. The molecule has 1 fully saturated rings. The van der Waals surface area contributed by atoms with Gasteiger partial charge in [0.25, 0.3) is 0 Å². The molecule has 2 heterocycles. The molecule has 3 rings (SSSR count). The van der Waals surface area contributed by atoms with Gasteiger partial charge in [0.15, 0.2) is 11.0 Å². The minimum Gasteiger partial charge on any atom is -0.351 e. The zero-order valence-electron chi connectivity index (χ0n) is 13.9. The summed E-state index contributed by atoms with van der Waals surface area (Å²) < 4.78 is 2.21. The number of amides is 1. The molecule has 124 valence electrons. The normalized spacial score (nSPS) is 16.3. The zero-order valence-corrected chi connectivity index (χ0v) is 15.5. The Morgan fingerprint density at radius 2 is 2.17 bits per heavy atom. The van der Waals surface area contributed by atoms with Crippen LogP contribution in [-0.4, -0.2) is 31.5 Å². The SMILES string of the molecule is C[C@H](Sc1nnc(-c2cccs2)n1C1CC1)C(=O)NC(C)(C)C. The van der Waals surface area contributed by atoms with Gasteiger partial charge in [-0.1, -0.05) is 17.8 Å². The van der Waals surface area contributed by atoms with Crippen LogP contribution in [0.5, 0.6) is 0 Å². The Morgan fingerprint density at radius 1 is 1.43 bits per heavy atom. The number of carbonyl (C=O) groups is 1. The fourth-order valence-electron chi connectivity index (χ4n) is 2.28. The van der Waals surface area contributed by atoms with Gasteiger partial charge in [0, 0.05) is 11.6 Å². The number of nitrogens with one attached hydrogen (secondary N) is 1. The molecule has 0 unspecified atom stereocenters. The summed E-state index contributed by atoms with van der Waals surface area (Å²) in [4.78, 5) is 13.4. The molecule has 0 aromatic carbocycles. The molecule has 7 heteroatoms. The third-order valence-electron chi connectivity index (χ3n) is 3.47. The van der Waals surface area contributed by atoms with Gasteiger partial charge < -0.3 is 5.32 Å². The molecule has 1 aliphatic rings. The monoisotopic (exact) mass is 350 g/mol. The van der Waals surface area contributed by atoms with E-state index in [9.17, 15) is 4.79 Å². The molecule has 1 amide bonds. The van der Waals surface area contributed by atoms with E-state index in [-0.39, 0.29) is 16.7 Å². The molecule has 0 spiro atoms. The summed E-state index contributed by atoms with van der Waals surface area (Å²) >= 11 is 3.16. The number of nitrogens with zero attached hydrogens (tertiary/aromatic N) is 3. The number of aromatic nitrogens is 3. The first-order chi connectivity index (χ1) is 10.8. The maximum Gasteiger partial charge on any atom is 0.233 e. The van der Waals surface area contributed by atoms with Gasteiger partial charge >= 0.3 is 0 Å². The third kappa shape index (κ3) is 3.95. The van der Waals surface area contributed by atoms with Crippen molar-refractivity contribution in [2.45, 2.75) is 62.5 Å². The van der Waals surface area contributed by atoms with Crippen molar-refractivity contribution in [3.05, 3.63) is 17.5 Å². The van der Waals surface area contributed by atoms with Gasteiger partial charge in [0.1, 0.15) is 0 Å². The fourth-order valence-corrected chi connectivity index (χ4v) is 3.90. The van der Waals surface area contributed by atoms with E-state index >= 15 is 0 Å². The second-order valence-corrected chi connectivity index (χ2v) is 9.14. The van der Waals surface area contributed by atoms with Crippen LogP contribution < -0.4 is 5.32 Å². The van der Waals surface area contributed by atoms with Crippen molar-refractivity contribution in [2.75, 3.05) is 0 Å². The summed E-state index contributed by atoms with van der Waals surface area (Å²) in [7, 11) is 0. The molecule has 2 aromatic heterocycles. The van der Waals surface area contributed by atoms with E-state index in [2.05, 4.69) is 26.1 Å². The molecule has 1 aliphatic carbocycles. The highest BCUT2D eigenvalue weighted by molar-refractivity contribution is 8.00. The maximum absolute atomic E-state index is 12.3. The van der Waals surface area contributed by atoms with Gasteiger partial charge in [0.2, 0.25) is 5.91 Å². The van der Waals surface area contributed by atoms with Crippen LogP contribution >= 0.6 is 23.1 Å². The minimum atomic E-state index is -0.224. The van der Waals surface area contributed by atoms with Crippen LogP contribution in [0.2, 0.25) is 0 Å². The van der Waals surface area contributed by atoms with E-state index in [1.165, 1.54) is 11.8 Å². The number of carbonyl (C=O) groups excluding carboxylic acids is 1. The van der Waals surface area contributed by atoms with Crippen molar-refractivity contribution < 1.29 is 4.79 Å². The number of thioether (sulfide) groups is 1. The summed E-state index contributed by atoms with van der Waals surface area (Å²) in [5.41, 5.74) is -0.224. The molecule has 23 heavy (non-hydrogen) atoms. The summed E-state index contributed by atoms with van der Waals surface area (Å²) in [6, 6.07) is 4.57. The second kappa shape index (κ2) is 6.28. The molecular weight excluding hydrogens is 328 g/mol. The molecule has 1 atom stereocenters. The van der Waals surface area contributed by atoms with Crippen LogP contribution in [0, 0.1) is 0 Å². The lowest BCUT2D eigenvalue weighted by Gasteiger charge is -2.23. The van der Waals surface area contributed by atoms with E-state index in [1.54, 1.807) is 11.3 Å². The molecular formula is C16H22N4OS2. The Kier molecular flexibility index (Phi) is 4.51. The van der Waals surface area contributed by atoms with Crippen LogP contribution in [0.3, 0.4) is 0 Å². The molecule has 0 radical (unpaired) electrons. The predicted octanol–water partition coefficient (Wildman–Crippen LogP) is 3.74. The first-order valence-corrected chi connectivity index (χ1v) is 9.58. The van der Waals surface area contributed by atoms with E-state index in [1.807, 2.05) is 39.1 Å². The minimum absolute atomic E-state index is 0.0329. The predicted molar refractivity (Wildman–Crippen MR) is 94.8 cm³/mol. The number of hydrogen-bond acceptors (Lipinski definition) is 5. The zero-order chi connectivity index (χ0) is 16.6. The first kappa shape index (κ1) is 16.5. The topological polar surface area (TPSA) is 59.8 Å². The van der Waals surface area contributed by atoms with Crippen molar-refractivity contribution in [2.24, 2.45) is 0 Å². The van der Waals surface area contributed by atoms with Gasteiger partial charge in [-0.25, -0.2) is 0 Å². The Morgan fingerprint density at radius 3 is 2.74 bits per heavy atom. The standard InChI is InChI=1S/C16H22N4OS2/c1-10(14(21)17-16(2,3)4)23-15-19-18-13(12-6-5-9-22-12)20(15)11-7-8-11/h5-6,9-11H,7-8H2,1-4H3,(H,17,21)/t10-/m0/s1. The molecule has 2 aromatic rings. The van der Waals surface area contributed by atoms with E-state index < -0.39 is 0 Å². The van der Waals surface area contributed by atoms with Crippen LogP contribution in [0.1, 0.15) is 46.6 Å². The lowest BCUT2D eigenvalue weighted by Crippen LogP contribution is -2.44. The second-order valence-electron chi connectivity index (χ2n) is 6.88. The molecule has 1 saturated carbocycles. The Balaban J connectivity index is 1.79. The highest BCUT2D eigenvalue weighted by Gasteiger charge is 2.32. The summed E-state index contributed by atoms with van der Waals surface area (Å²) in [5.74, 6) is 0.957. The Hall–Kier alpha value is -1.34. The summed E-state index contributed by atoms with van der Waals surface area (Å²) in [6.45, 7) is 7.89. The molecule has 0 aliphatic heterocycles. The molecule has 0 saturated heterocycles. The van der Waals surface area contributed by atoms with Crippen molar-refractivity contribution >= 4 is 29.0 Å². The van der Waals surface area contributed by atoms with Crippen LogP contribution in [-0.2, 0) is 4.79 Å². The highest BCUT2D eigenvalue weighted by atomic mass is 32.2. The van der Waals surface area contributed by atoms with Gasteiger partial charge in [-0.3, -0.25) is 9.36 Å². The lowest BCUT2D eigenvalue weighted by molar-refractivity contribution is -0.121. The van der Waals surface area contributed by atoms with E-state index in [0.717, 1.165) is 28.7 Å². The molecule has 1 N–H and O–H groups in total. The van der Waals surface area contributed by atoms with E-state index in [4.69, 9.17) is 0 Å². The van der Waals surface area contributed by atoms with Crippen molar-refractivity contribution in [1.29, 1.82) is 0 Å². The van der Waals surface area contributed by atoms with Crippen molar-refractivity contribution in [3.8, 4) is 10.7 Å². The van der Waals surface area contributed by atoms with Crippen molar-refractivity contribution in [1.82, 2.24) is 20.1 Å². The summed E-state index contributed by atoms with van der Waals surface area (Å²) in [5, 5.41) is 14.4. The fraction of sp³-hybridized carbons (Fsp3) is 0.562. The van der Waals surface area contributed by atoms with E-state index in [0.29, 0.717) is 6.04 Å². The van der Waals surface area contributed by atoms with Gasteiger partial charge in [-0.15, -0.1) is 21.5 Å². The molecule has 5 nitrogen and oxygen atoms in total. The third-order valence-corrected chi connectivity index (χ3v) is 5.39. The van der Waals surface area contributed by atoms with Crippen LogP contribution in [0.25, 0.3) is 10.7 Å². The number of rotatable bonds is 5. The average Bonchev–Trinajstić information content (AvgIpc) is 2.99. The van der Waals surface area contributed by atoms with Crippen LogP contribution in [0.15, 0.2) is 22.7 Å². The van der Waals surface area contributed by atoms with Crippen molar-refractivity contribution in [3.63, 3.8) is 0 Å². The average molecular weight is 351 g/mol. The van der Waals surface area contributed by atoms with Gasteiger partial charge in [-0.2, -0.15) is 0 Å². The largest absolute Gasteiger partial charge is 0.351 e. The van der Waals surface area contributed by atoms with Crippen LogP contribution in [0.4, 0.5) is 0 Å². The Labute approximate surface area is 144 Å². The smallest absolute Gasteiger partial charge is 0.233 e. The first-order valence-electron chi connectivity index (χ1n) is 7.82. The quantitative estimate of drug-likeness (QED) is 0.835. The summed E-state index contributed by atoms with van der Waals surface area (Å²) in [6.07, 6.45) is 2.32. The number of thiophene rings is 1.